The number of hydrogen-bond donors (Lipinski definition) is 1. The zero-order valence-corrected chi connectivity index (χ0v) is 15.1. The molecule has 26 heavy (non-hydrogen) atoms. The molecule has 1 N–H and O–H groups in total. The number of nitrogens with one attached hydrogen (secondary N) is 1. The van der Waals surface area contributed by atoms with Crippen LogP contribution in [0.1, 0.15) is 43.7 Å². The number of benzene rings is 1. The number of Topliss-reactive ketones (excluding diaryl/α,β-unsaturated/α-hetero) is 1. The van der Waals surface area contributed by atoms with Gasteiger partial charge < -0.3 is 4.98 Å². The molecule has 0 aliphatic heterocycles. The third-order valence-corrected chi connectivity index (χ3v) is 5.70. The molecule has 0 bridgehead atoms. The number of rotatable bonds is 2. The van der Waals surface area contributed by atoms with E-state index in [1.807, 2.05) is 31.2 Å². The minimum Gasteiger partial charge on any atom is -0.322 e. The van der Waals surface area contributed by atoms with Crippen molar-refractivity contribution in [1.82, 2.24) is 9.97 Å². The van der Waals surface area contributed by atoms with Crippen LogP contribution in [0.3, 0.4) is 0 Å². The van der Waals surface area contributed by atoms with E-state index in [1.54, 1.807) is 6.20 Å². The summed E-state index contributed by atoms with van der Waals surface area (Å²) in [5.41, 5.74) is 3.42. The van der Waals surface area contributed by atoms with Crippen molar-refractivity contribution in [3.63, 3.8) is 0 Å². The second kappa shape index (κ2) is 6.20. The van der Waals surface area contributed by atoms with Crippen molar-refractivity contribution in [3.05, 3.63) is 64.1 Å². The molecule has 1 saturated carbocycles. The molecule has 4 rings (SSSR count). The van der Waals surface area contributed by atoms with Gasteiger partial charge in [0, 0.05) is 34.8 Å². The van der Waals surface area contributed by atoms with Crippen LogP contribution in [0.15, 0.2) is 47.4 Å². The molecule has 1 aliphatic carbocycles. The predicted molar refractivity (Wildman–Crippen MR) is 103 cm³/mol. The van der Waals surface area contributed by atoms with E-state index in [-0.39, 0.29) is 11.3 Å². The molecule has 1 fully saturated rings. The molecule has 0 spiro atoms. The van der Waals surface area contributed by atoms with Gasteiger partial charge in [-0.3, -0.25) is 14.6 Å². The lowest BCUT2D eigenvalue weighted by molar-refractivity contribution is -0.125. The maximum absolute atomic E-state index is 12.8. The first-order valence-corrected chi connectivity index (χ1v) is 9.12. The second-order valence-corrected chi connectivity index (χ2v) is 7.44. The number of carbonyl (C=O) groups is 1. The normalized spacial score (nSPS) is 20.5. The summed E-state index contributed by atoms with van der Waals surface area (Å²) in [6.45, 7) is 3.95. The van der Waals surface area contributed by atoms with E-state index in [4.69, 9.17) is 0 Å². The van der Waals surface area contributed by atoms with E-state index in [0.717, 1.165) is 47.0 Å². The third-order valence-electron chi connectivity index (χ3n) is 5.70. The Morgan fingerprint density at radius 3 is 2.73 bits per heavy atom. The van der Waals surface area contributed by atoms with Crippen LogP contribution >= 0.6 is 0 Å². The van der Waals surface area contributed by atoms with E-state index >= 15 is 0 Å². The molecule has 0 amide bonds. The van der Waals surface area contributed by atoms with Crippen LogP contribution in [-0.4, -0.2) is 15.8 Å². The van der Waals surface area contributed by atoms with Gasteiger partial charge in [-0.2, -0.15) is 0 Å². The smallest absolute Gasteiger partial charge is 0.252 e. The molecule has 1 aromatic carbocycles. The first kappa shape index (κ1) is 16.7. The van der Waals surface area contributed by atoms with E-state index in [9.17, 15) is 9.59 Å². The molecular weight excluding hydrogens is 324 g/mol. The zero-order valence-electron chi connectivity index (χ0n) is 15.1. The number of nitrogens with zero attached hydrogens (tertiary/aromatic N) is 1. The molecule has 0 radical (unpaired) electrons. The summed E-state index contributed by atoms with van der Waals surface area (Å²) in [7, 11) is 0. The van der Waals surface area contributed by atoms with Crippen LogP contribution in [0, 0.1) is 6.92 Å². The molecule has 2 heterocycles. The number of aromatic nitrogens is 2. The molecular formula is C22H22N2O2. The monoisotopic (exact) mass is 346 g/mol. The molecule has 0 saturated heterocycles. The van der Waals surface area contributed by atoms with E-state index < -0.39 is 5.41 Å². The molecule has 132 valence electrons. The Bertz CT molecular complexity index is 1070. The van der Waals surface area contributed by atoms with Gasteiger partial charge in [0.25, 0.3) is 5.56 Å². The molecule has 4 nitrogen and oxygen atoms in total. The summed E-state index contributed by atoms with van der Waals surface area (Å²) >= 11 is 0. The standard InChI is InChI=1S/C22H22N2O2/c1-14-6-5-7-19-16(14)12-15(13-23-19)18-10-9-17(21(26)24-18)22(2)11-4-3-8-20(22)25/h5-7,9-10,12-13H,3-4,8,11H2,1-2H3,(H,24,26)/t22-/m1/s1. The molecule has 4 heteroatoms. The summed E-state index contributed by atoms with van der Waals surface area (Å²) in [6.07, 6.45) is 4.99. The van der Waals surface area contributed by atoms with Crippen LogP contribution in [-0.2, 0) is 10.2 Å². The highest BCUT2D eigenvalue weighted by molar-refractivity contribution is 5.90. The maximum Gasteiger partial charge on any atom is 0.252 e. The SMILES string of the molecule is Cc1cccc2ncc(-c3ccc([C@@]4(C)CCCCC4=O)c(=O)[nH]3)cc12. The summed E-state index contributed by atoms with van der Waals surface area (Å²) < 4.78 is 0. The minimum atomic E-state index is -0.664. The second-order valence-electron chi connectivity index (χ2n) is 7.44. The number of H-pyrrole nitrogens is 1. The summed E-state index contributed by atoms with van der Waals surface area (Å²) in [5, 5.41) is 1.07. The van der Waals surface area contributed by atoms with E-state index in [1.165, 1.54) is 0 Å². The van der Waals surface area contributed by atoms with Crippen molar-refractivity contribution in [2.75, 3.05) is 0 Å². The van der Waals surface area contributed by atoms with Crippen LogP contribution in [0.25, 0.3) is 22.2 Å². The Hall–Kier alpha value is -2.75. The highest BCUT2D eigenvalue weighted by Gasteiger charge is 2.38. The van der Waals surface area contributed by atoms with Crippen LogP contribution in [0.5, 0.6) is 0 Å². The maximum atomic E-state index is 12.8. The number of pyridine rings is 2. The van der Waals surface area contributed by atoms with Crippen molar-refractivity contribution >= 4 is 16.7 Å². The van der Waals surface area contributed by atoms with Gasteiger partial charge in [0.05, 0.1) is 10.9 Å². The Kier molecular flexibility index (Phi) is 3.98. The molecule has 2 aromatic heterocycles. The fourth-order valence-corrected chi connectivity index (χ4v) is 3.99. The van der Waals surface area contributed by atoms with Gasteiger partial charge in [0.15, 0.2) is 0 Å². The number of fused-ring (bicyclic) bond motifs is 1. The van der Waals surface area contributed by atoms with Crippen molar-refractivity contribution in [3.8, 4) is 11.3 Å². The van der Waals surface area contributed by atoms with Crippen molar-refractivity contribution in [2.24, 2.45) is 0 Å². The first-order chi connectivity index (χ1) is 12.5. The van der Waals surface area contributed by atoms with Gasteiger partial charge in [0.2, 0.25) is 0 Å². The average molecular weight is 346 g/mol. The Morgan fingerprint density at radius 2 is 1.96 bits per heavy atom. The summed E-state index contributed by atoms with van der Waals surface area (Å²) in [6, 6.07) is 11.8. The average Bonchev–Trinajstić information content (AvgIpc) is 2.64. The van der Waals surface area contributed by atoms with Crippen LogP contribution < -0.4 is 5.56 Å². The minimum absolute atomic E-state index is 0.171. The number of ketones is 1. The Morgan fingerprint density at radius 1 is 1.12 bits per heavy atom. The highest BCUT2D eigenvalue weighted by atomic mass is 16.1. The predicted octanol–water partition coefficient (Wildman–Crippen LogP) is 4.30. The first-order valence-electron chi connectivity index (χ1n) is 9.12. The van der Waals surface area contributed by atoms with E-state index in [0.29, 0.717) is 12.0 Å². The van der Waals surface area contributed by atoms with Gasteiger partial charge in [-0.1, -0.05) is 24.6 Å². The van der Waals surface area contributed by atoms with Gasteiger partial charge >= 0.3 is 0 Å². The fourth-order valence-electron chi connectivity index (χ4n) is 3.99. The van der Waals surface area contributed by atoms with Gasteiger partial charge in [-0.05, 0) is 50.5 Å². The van der Waals surface area contributed by atoms with Gasteiger partial charge in [0.1, 0.15) is 5.78 Å². The number of aromatic amines is 1. The zero-order chi connectivity index (χ0) is 18.3. The molecule has 0 unspecified atom stereocenters. The highest BCUT2D eigenvalue weighted by Crippen LogP contribution is 2.35. The Balaban J connectivity index is 1.78. The van der Waals surface area contributed by atoms with Crippen LogP contribution in [0.2, 0.25) is 0 Å². The number of carbonyl (C=O) groups excluding carboxylic acids is 1. The third kappa shape index (κ3) is 2.66. The van der Waals surface area contributed by atoms with E-state index in [2.05, 4.69) is 29.0 Å². The summed E-state index contributed by atoms with van der Waals surface area (Å²) in [4.78, 5) is 32.7. The largest absolute Gasteiger partial charge is 0.322 e. The lowest BCUT2D eigenvalue weighted by Crippen LogP contribution is -2.40. The quantitative estimate of drug-likeness (QED) is 0.752. The number of aryl methyl sites for hydroxylation is 1. The number of hydrogen-bond acceptors (Lipinski definition) is 3. The molecule has 3 aromatic rings. The molecule has 1 aliphatic rings. The lowest BCUT2D eigenvalue weighted by Gasteiger charge is -2.31. The fraction of sp³-hybridized carbons (Fsp3) is 0.318. The van der Waals surface area contributed by atoms with Gasteiger partial charge in [-0.25, -0.2) is 0 Å². The van der Waals surface area contributed by atoms with Crippen LogP contribution in [0.4, 0.5) is 0 Å². The van der Waals surface area contributed by atoms with Crippen molar-refractivity contribution < 1.29 is 4.79 Å². The van der Waals surface area contributed by atoms with Crippen molar-refractivity contribution in [2.45, 2.75) is 44.9 Å². The molecule has 1 atom stereocenters. The Labute approximate surface area is 152 Å². The van der Waals surface area contributed by atoms with Gasteiger partial charge in [-0.15, -0.1) is 0 Å². The van der Waals surface area contributed by atoms with Crippen molar-refractivity contribution in [1.29, 1.82) is 0 Å². The topological polar surface area (TPSA) is 62.8 Å². The lowest BCUT2D eigenvalue weighted by atomic mass is 9.70. The summed E-state index contributed by atoms with van der Waals surface area (Å²) in [5.74, 6) is 0.171.